The van der Waals surface area contributed by atoms with Crippen LogP contribution in [-0.2, 0) is 6.54 Å². The van der Waals surface area contributed by atoms with Gasteiger partial charge in [-0.25, -0.2) is 0 Å². The highest BCUT2D eigenvalue weighted by Gasteiger charge is 2.09. The number of anilines is 1. The van der Waals surface area contributed by atoms with Crippen molar-refractivity contribution in [3.8, 4) is 0 Å². The zero-order valence-corrected chi connectivity index (χ0v) is 16.1. The summed E-state index contributed by atoms with van der Waals surface area (Å²) >= 11 is 11.0. The third kappa shape index (κ3) is 5.42. The fraction of sp³-hybridized carbons (Fsp3) is 0.0500. The van der Waals surface area contributed by atoms with Crippen molar-refractivity contribution >= 4 is 46.4 Å². The number of furan rings is 1. The van der Waals surface area contributed by atoms with Crippen LogP contribution in [0.4, 0.5) is 5.69 Å². The van der Waals surface area contributed by atoms with Crippen LogP contribution >= 0.6 is 23.8 Å². The SMILES string of the molecule is O=C(NCc1ccco1)c1ccc(NC(=S)NC(=O)c2cccc(Cl)c2)cc1. The maximum atomic E-state index is 12.2. The Morgan fingerprint density at radius 3 is 2.43 bits per heavy atom. The zero-order valence-electron chi connectivity index (χ0n) is 14.6. The number of rotatable bonds is 5. The average molecular weight is 414 g/mol. The molecule has 142 valence electrons. The molecule has 0 aliphatic carbocycles. The van der Waals surface area contributed by atoms with E-state index in [2.05, 4.69) is 16.0 Å². The second-order valence-corrected chi connectivity index (χ2v) is 6.60. The van der Waals surface area contributed by atoms with Crippen molar-refractivity contribution in [1.29, 1.82) is 0 Å². The van der Waals surface area contributed by atoms with Crippen LogP contribution in [0.15, 0.2) is 71.3 Å². The first-order chi connectivity index (χ1) is 13.5. The summed E-state index contributed by atoms with van der Waals surface area (Å²) < 4.78 is 5.17. The predicted molar refractivity (Wildman–Crippen MR) is 111 cm³/mol. The molecule has 3 rings (SSSR count). The molecule has 0 aliphatic rings. The third-order valence-electron chi connectivity index (χ3n) is 3.72. The molecule has 0 unspecified atom stereocenters. The van der Waals surface area contributed by atoms with Gasteiger partial charge in [0.2, 0.25) is 0 Å². The van der Waals surface area contributed by atoms with Crippen LogP contribution in [0.3, 0.4) is 0 Å². The molecule has 3 aromatic rings. The molecule has 28 heavy (non-hydrogen) atoms. The van der Waals surface area contributed by atoms with Crippen molar-refractivity contribution < 1.29 is 14.0 Å². The second kappa shape index (κ2) is 9.16. The molecular weight excluding hydrogens is 398 g/mol. The van der Waals surface area contributed by atoms with Gasteiger partial charge in [-0.05, 0) is 66.8 Å². The van der Waals surface area contributed by atoms with Gasteiger partial charge < -0.3 is 15.1 Å². The molecule has 2 amide bonds. The molecule has 6 nitrogen and oxygen atoms in total. The summed E-state index contributed by atoms with van der Waals surface area (Å²) in [6.45, 7) is 0.311. The Labute approximate surface area is 171 Å². The Morgan fingerprint density at radius 2 is 1.75 bits per heavy atom. The summed E-state index contributed by atoms with van der Waals surface area (Å²) in [5, 5.41) is 8.84. The smallest absolute Gasteiger partial charge is 0.257 e. The Kier molecular flexibility index (Phi) is 6.41. The number of carbonyl (C=O) groups is 2. The molecule has 2 aromatic carbocycles. The average Bonchev–Trinajstić information content (AvgIpc) is 3.20. The van der Waals surface area contributed by atoms with Crippen LogP contribution in [0.5, 0.6) is 0 Å². The van der Waals surface area contributed by atoms with Gasteiger partial charge in [-0.15, -0.1) is 0 Å². The maximum Gasteiger partial charge on any atom is 0.257 e. The van der Waals surface area contributed by atoms with Gasteiger partial charge >= 0.3 is 0 Å². The van der Waals surface area contributed by atoms with Gasteiger partial charge in [-0.3, -0.25) is 14.9 Å². The number of nitrogens with one attached hydrogen (secondary N) is 3. The molecule has 0 fully saturated rings. The molecule has 0 spiro atoms. The Bertz CT molecular complexity index is 988. The number of carbonyl (C=O) groups excluding carboxylic acids is 2. The van der Waals surface area contributed by atoms with Gasteiger partial charge in [-0.1, -0.05) is 17.7 Å². The quantitative estimate of drug-likeness (QED) is 0.551. The van der Waals surface area contributed by atoms with Gasteiger partial charge in [0.05, 0.1) is 12.8 Å². The first kappa shape index (κ1) is 19.6. The van der Waals surface area contributed by atoms with Crippen molar-refractivity contribution in [2.24, 2.45) is 0 Å². The van der Waals surface area contributed by atoms with Gasteiger partial charge in [0, 0.05) is 21.8 Å². The van der Waals surface area contributed by atoms with Crippen molar-refractivity contribution in [3.05, 3.63) is 88.8 Å². The van der Waals surface area contributed by atoms with E-state index in [0.717, 1.165) is 0 Å². The fourth-order valence-electron chi connectivity index (χ4n) is 2.35. The summed E-state index contributed by atoms with van der Waals surface area (Å²) in [4.78, 5) is 24.3. The highest BCUT2D eigenvalue weighted by molar-refractivity contribution is 7.80. The van der Waals surface area contributed by atoms with Crippen molar-refractivity contribution in [2.75, 3.05) is 5.32 Å². The number of hydrogen-bond acceptors (Lipinski definition) is 4. The number of hydrogen-bond donors (Lipinski definition) is 3. The van der Waals surface area contributed by atoms with E-state index in [1.54, 1.807) is 66.9 Å². The first-order valence-electron chi connectivity index (χ1n) is 8.30. The first-order valence-corrected chi connectivity index (χ1v) is 9.08. The number of amides is 2. The lowest BCUT2D eigenvalue weighted by Crippen LogP contribution is -2.34. The van der Waals surface area contributed by atoms with Crippen molar-refractivity contribution in [3.63, 3.8) is 0 Å². The minimum absolute atomic E-state index is 0.139. The van der Waals surface area contributed by atoms with E-state index in [4.69, 9.17) is 28.2 Å². The van der Waals surface area contributed by atoms with Crippen molar-refractivity contribution in [1.82, 2.24) is 10.6 Å². The monoisotopic (exact) mass is 413 g/mol. The van der Waals surface area contributed by atoms with E-state index in [1.807, 2.05) is 0 Å². The predicted octanol–water partition coefficient (Wildman–Crippen LogP) is 3.99. The lowest BCUT2D eigenvalue weighted by atomic mass is 10.2. The van der Waals surface area contributed by atoms with E-state index in [1.165, 1.54) is 0 Å². The van der Waals surface area contributed by atoms with Crippen LogP contribution in [0.25, 0.3) is 0 Å². The van der Waals surface area contributed by atoms with Crippen LogP contribution in [-0.4, -0.2) is 16.9 Å². The maximum absolute atomic E-state index is 12.2. The zero-order chi connectivity index (χ0) is 19.9. The third-order valence-corrected chi connectivity index (χ3v) is 4.16. The topological polar surface area (TPSA) is 83.4 Å². The highest BCUT2D eigenvalue weighted by atomic mass is 35.5. The minimum Gasteiger partial charge on any atom is -0.467 e. The lowest BCUT2D eigenvalue weighted by Gasteiger charge is -2.10. The highest BCUT2D eigenvalue weighted by Crippen LogP contribution is 2.12. The van der Waals surface area contributed by atoms with E-state index < -0.39 is 0 Å². The molecule has 8 heteroatoms. The Hall–Kier alpha value is -3.16. The molecule has 0 bridgehead atoms. The van der Waals surface area contributed by atoms with E-state index in [9.17, 15) is 9.59 Å². The van der Waals surface area contributed by atoms with Gasteiger partial charge in [0.15, 0.2) is 5.11 Å². The number of halogens is 1. The van der Waals surface area contributed by atoms with Crippen molar-refractivity contribution in [2.45, 2.75) is 6.54 Å². The fourth-order valence-corrected chi connectivity index (χ4v) is 2.76. The molecule has 0 saturated heterocycles. The van der Waals surface area contributed by atoms with Crippen LogP contribution in [0.2, 0.25) is 5.02 Å². The molecule has 0 saturated carbocycles. The summed E-state index contributed by atoms with van der Waals surface area (Å²) in [5.74, 6) is 0.0844. The molecule has 0 radical (unpaired) electrons. The summed E-state index contributed by atoms with van der Waals surface area (Å²) in [6, 6.07) is 16.8. The molecule has 0 atom stereocenters. The Morgan fingerprint density at radius 1 is 0.964 bits per heavy atom. The van der Waals surface area contributed by atoms with Crippen LogP contribution in [0, 0.1) is 0 Å². The van der Waals surface area contributed by atoms with E-state index in [-0.39, 0.29) is 16.9 Å². The van der Waals surface area contributed by atoms with E-state index in [0.29, 0.717) is 34.1 Å². The van der Waals surface area contributed by atoms with Gasteiger partial charge in [0.25, 0.3) is 11.8 Å². The number of benzene rings is 2. The number of thiocarbonyl (C=S) groups is 1. The van der Waals surface area contributed by atoms with Gasteiger partial charge in [0.1, 0.15) is 5.76 Å². The van der Waals surface area contributed by atoms with Crippen LogP contribution < -0.4 is 16.0 Å². The van der Waals surface area contributed by atoms with E-state index >= 15 is 0 Å². The standard InChI is InChI=1S/C20H16ClN3O3S/c21-15-4-1-3-14(11-15)19(26)24-20(28)23-16-8-6-13(7-9-16)18(25)22-12-17-5-2-10-27-17/h1-11H,12H2,(H,22,25)(H2,23,24,26,28). The largest absolute Gasteiger partial charge is 0.467 e. The summed E-state index contributed by atoms with van der Waals surface area (Å²) in [5.41, 5.74) is 1.53. The van der Waals surface area contributed by atoms with Gasteiger partial charge in [-0.2, -0.15) is 0 Å². The normalized spacial score (nSPS) is 10.2. The molecule has 3 N–H and O–H groups in total. The molecular formula is C20H16ClN3O3S. The Balaban J connectivity index is 1.52. The second-order valence-electron chi connectivity index (χ2n) is 5.76. The molecule has 1 aromatic heterocycles. The lowest BCUT2D eigenvalue weighted by molar-refractivity contribution is 0.0946. The molecule has 0 aliphatic heterocycles. The van der Waals surface area contributed by atoms with Crippen LogP contribution in [0.1, 0.15) is 26.5 Å². The summed E-state index contributed by atoms with van der Waals surface area (Å²) in [6.07, 6.45) is 1.55. The molecule has 1 heterocycles. The minimum atomic E-state index is -0.367. The summed E-state index contributed by atoms with van der Waals surface area (Å²) in [7, 11) is 0.